The van der Waals surface area contributed by atoms with E-state index < -0.39 is 48.0 Å². The highest BCUT2D eigenvalue weighted by atomic mass is 35.5. The Morgan fingerprint density at radius 1 is 1.03 bits per heavy atom. The van der Waals surface area contributed by atoms with Crippen molar-refractivity contribution < 1.29 is 32.9 Å². The molecule has 0 bridgehead atoms. The molecule has 0 saturated carbocycles. The minimum absolute atomic E-state index is 0.0230. The van der Waals surface area contributed by atoms with Gasteiger partial charge in [-0.1, -0.05) is 17.7 Å². The van der Waals surface area contributed by atoms with E-state index in [1.54, 1.807) is 0 Å². The smallest absolute Gasteiger partial charge is 0.262 e. The predicted molar refractivity (Wildman–Crippen MR) is 132 cm³/mol. The number of aliphatic hydroxyl groups is 3. The molecule has 0 aliphatic carbocycles. The van der Waals surface area contributed by atoms with Crippen molar-refractivity contribution in [2.75, 3.05) is 11.9 Å². The predicted octanol–water partition coefficient (Wildman–Crippen LogP) is 4.69. The Kier molecular flexibility index (Phi) is 7.79. The first-order valence-electron chi connectivity index (χ1n) is 11.2. The van der Waals surface area contributed by atoms with Crippen molar-refractivity contribution in [2.24, 2.45) is 0 Å². The van der Waals surface area contributed by atoms with E-state index in [9.17, 15) is 32.9 Å². The highest BCUT2D eigenvalue weighted by Crippen LogP contribution is 2.37. The fraction of sp³-hybridized carbons (Fsp3) is 0.280. The summed E-state index contributed by atoms with van der Waals surface area (Å²) in [6.07, 6.45) is -0.960. The van der Waals surface area contributed by atoms with Gasteiger partial charge in [0.05, 0.1) is 22.8 Å². The number of aliphatic hydroxyl groups excluding tert-OH is 2. The van der Waals surface area contributed by atoms with E-state index in [-0.39, 0.29) is 44.4 Å². The van der Waals surface area contributed by atoms with Crippen molar-refractivity contribution in [3.63, 3.8) is 0 Å². The van der Waals surface area contributed by atoms with Crippen LogP contribution in [0.4, 0.5) is 23.2 Å². The fourth-order valence-electron chi connectivity index (χ4n) is 3.72. The van der Waals surface area contributed by atoms with Crippen LogP contribution >= 0.6 is 11.6 Å². The molecule has 4 aromatic rings. The average molecular weight is 552 g/mol. The van der Waals surface area contributed by atoms with Gasteiger partial charge in [0.2, 0.25) is 0 Å². The van der Waals surface area contributed by atoms with Gasteiger partial charge in [0.1, 0.15) is 34.8 Å². The number of aromatic nitrogens is 4. The highest BCUT2D eigenvalue weighted by Gasteiger charge is 2.29. The van der Waals surface area contributed by atoms with Crippen molar-refractivity contribution in [3.8, 4) is 11.3 Å². The number of halogens is 5. The molecule has 0 spiro atoms. The molecule has 1 aromatic carbocycles. The SMILES string of the molecule is CC(C)(O)c1ncc(-c2nc3c(N[C@@H](c4cc(C(O)CO)ccc4F)C(F)F)c(Cl)cnc3cc2F)cn1. The van der Waals surface area contributed by atoms with Gasteiger partial charge in [0.25, 0.3) is 6.43 Å². The molecule has 3 aromatic heterocycles. The molecule has 4 N–H and O–H groups in total. The topological polar surface area (TPSA) is 124 Å². The fourth-order valence-corrected chi connectivity index (χ4v) is 3.91. The first-order valence-corrected chi connectivity index (χ1v) is 11.6. The molecular formula is C25H22ClF4N5O3. The Bertz CT molecular complexity index is 1470. The van der Waals surface area contributed by atoms with E-state index in [0.717, 1.165) is 24.4 Å². The van der Waals surface area contributed by atoms with E-state index in [1.807, 2.05) is 0 Å². The Hall–Kier alpha value is -3.45. The van der Waals surface area contributed by atoms with E-state index in [1.165, 1.54) is 32.3 Å². The normalized spacial score (nSPS) is 13.7. The number of hydrogen-bond acceptors (Lipinski definition) is 8. The quantitative estimate of drug-likeness (QED) is 0.233. The van der Waals surface area contributed by atoms with Gasteiger partial charge in [-0.2, -0.15) is 0 Å². The molecule has 0 fully saturated rings. The number of nitrogens with one attached hydrogen (secondary N) is 1. The maximum absolute atomic E-state index is 15.0. The van der Waals surface area contributed by atoms with Crippen molar-refractivity contribution >= 4 is 28.3 Å². The standard InChI is InChI=1S/C25H22ClF4N5O3/c1-25(2,38)24-32-7-12(8-33-24)19-16(28)6-17-22(34-19)21(14(26)9-31-17)35-20(23(29)30)13-5-11(18(37)10-36)3-4-15(13)27/h3-9,18,20,23,36-38H,10H2,1-2H3,(H,31,35)/t18?,20-/m0/s1. The number of rotatable bonds is 8. The third-order valence-corrected chi connectivity index (χ3v) is 5.97. The maximum atomic E-state index is 15.0. The molecule has 1 unspecified atom stereocenters. The lowest BCUT2D eigenvalue weighted by Gasteiger charge is -2.23. The van der Waals surface area contributed by atoms with E-state index in [2.05, 4.69) is 25.3 Å². The van der Waals surface area contributed by atoms with Crippen LogP contribution in [0.3, 0.4) is 0 Å². The summed E-state index contributed by atoms with van der Waals surface area (Å²) in [6, 6.07) is 2.14. The van der Waals surface area contributed by atoms with Crippen molar-refractivity contribution in [2.45, 2.75) is 38.0 Å². The number of nitrogens with zero attached hydrogens (tertiary/aromatic N) is 4. The van der Waals surface area contributed by atoms with Crippen molar-refractivity contribution in [3.05, 3.63) is 76.5 Å². The number of fused-ring (bicyclic) bond motifs is 1. The minimum atomic E-state index is -3.16. The second kappa shape index (κ2) is 10.7. The van der Waals surface area contributed by atoms with Crippen LogP contribution in [-0.2, 0) is 5.60 Å². The third kappa shape index (κ3) is 5.53. The Balaban J connectivity index is 1.82. The number of pyridine rings is 2. The van der Waals surface area contributed by atoms with Crippen LogP contribution in [0.2, 0.25) is 5.02 Å². The van der Waals surface area contributed by atoms with Crippen LogP contribution in [0.5, 0.6) is 0 Å². The molecule has 8 nitrogen and oxygen atoms in total. The zero-order chi connectivity index (χ0) is 27.8. The van der Waals surface area contributed by atoms with E-state index in [0.29, 0.717) is 0 Å². The first-order chi connectivity index (χ1) is 17.9. The van der Waals surface area contributed by atoms with Crippen LogP contribution in [0.1, 0.15) is 42.9 Å². The molecule has 0 amide bonds. The molecule has 0 radical (unpaired) electrons. The second-order valence-corrected chi connectivity index (χ2v) is 9.37. The molecule has 0 aliphatic rings. The summed E-state index contributed by atoms with van der Waals surface area (Å²) in [7, 11) is 0. The van der Waals surface area contributed by atoms with Gasteiger partial charge in [-0.15, -0.1) is 0 Å². The highest BCUT2D eigenvalue weighted by molar-refractivity contribution is 6.34. The largest absolute Gasteiger partial charge is 0.393 e. The molecule has 0 aliphatic heterocycles. The monoisotopic (exact) mass is 551 g/mol. The Labute approximate surface area is 219 Å². The lowest BCUT2D eigenvalue weighted by Crippen LogP contribution is -2.21. The van der Waals surface area contributed by atoms with E-state index in [4.69, 9.17) is 11.6 Å². The number of benzene rings is 1. The van der Waals surface area contributed by atoms with Gasteiger partial charge in [-0.05, 0) is 31.5 Å². The zero-order valence-electron chi connectivity index (χ0n) is 20.0. The summed E-state index contributed by atoms with van der Waals surface area (Å²) in [4.78, 5) is 16.3. The first kappa shape index (κ1) is 27.6. The Morgan fingerprint density at radius 2 is 1.71 bits per heavy atom. The summed E-state index contributed by atoms with van der Waals surface area (Å²) in [6.45, 7) is 2.26. The summed E-state index contributed by atoms with van der Waals surface area (Å²) < 4.78 is 58.1. The minimum Gasteiger partial charge on any atom is -0.393 e. The molecule has 38 heavy (non-hydrogen) atoms. The molecule has 13 heteroatoms. The summed E-state index contributed by atoms with van der Waals surface area (Å²) >= 11 is 6.27. The molecule has 4 rings (SSSR count). The van der Waals surface area contributed by atoms with Gasteiger partial charge >= 0.3 is 0 Å². The average Bonchev–Trinajstić information content (AvgIpc) is 2.87. The van der Waals surface area contributed by atoms with Gasteiger partial charge in [0, 0.05) is 35.8 Å². The van der Waals surface area contributed by atoms with Gasteiger partial charge in [-0.3, -0.25) is 4.98 Å². The summed E-state index contributed by atoms with van der Waals surface area (Å²) in [5, 5.41) is 31.5. The van der Waals surface area contributed by atoms with Gasteiger partial charge < -0.3 is 20.6 Å². The van der Waals surface area contributed by atoms with Crippen LogP contribution in [-0.4, -0.2) is 48.3 Å². The molecule has 2 atom stereocenters. The van der Waals surface area contributed by atoms with E-state index >= 15 is 0 Å². The van der Waals surface area contributed by atoms with Gasteiger partial charge in [0.15, 0.2) is 11.6 Å². The number of hydrogen-bond donors (Lipinski definition) is 4. The Morgan fingerprint density at radius 3 is 2.32 bits per heavy atom. The molecule has 200 valence electrons. The van der Waals surface area contributed by atoms with Crippen molar-refractivity contribution in [1.29, 1.82) is 0 Å². The molecule has 3 heterocycles. The van der Waals surface area contributed by atoms with Crippen LogP contribution < -0.4 is 5.32 Å². The third-order valence-electron chi connectivity index (χ3n) is 5.69. The summed E-state index contributed by atoms with van der Waals surface area (Å²) in [5.41, 5.74) is -2.19. The lowest BCUT2D eigenvalue weighted by atomic mass is 10.00. The maximum Gasteiger partial charge on any atom is 0.262 e. The zero-order valence-corrected chi connectivity index (χ0v) is 20.8. The lowest BCUT2D eigenvalue weighted by molar-refractivity contribution is 0.0687. The second-order valence-electron chi connectivity index (χ2n) is 8.96. The number of alkyl halides is 2. The molecule has 0 saturated heterocycles. The summed E-state index contributed by atoms with van der Waals surface area (Å²) in [5.74, 6) is -1.71. The van der Waals surface area contributed by atoms with Crippen LogP contribution in [0.15, 0.2) is 42.9 Å². The van der Waals surface area contributed by atoms with Crippen molar-refractivity contribution in [1.82, 2.24) is 19.9 Å². The molecular weight excluding hydrogens is 530 g/mol. The van der Waals surface area contributed by atoms with Crippen LogP contribution in [0.25, 0.3) is 22.3 Å². The van der Waals surface area contributed by atoms with Crippen LogP contribution in [0, 0.1) is 11.6 Å². The van der Waals surface area contributed by atoms with Gasteiger partial charge in [-0.25, -0.2) is 32.5 Å². The number of anilines is 1.